The van der Waals surface area contributed by atoms with Crippen LogP contribution in [0.15, 0.2) is 18.2 Å². The van der Waals surface area contributed by atoms with Crippen LogP contribution in [0.1, 0.15) is 50.8 Å². The lowest BCUT2D eigenvalue weighted by molar-refractivity contribution is -0.00359. The van der Waals surface area contributed by atoms with Crippen LogP contribution in [0, 0.1) is 5.92 Å². The summed E-state index contributed by atoms with van der Waals surface area (Å²) in [6, 6.07) is 6.56. The molecule has 2 unspecified atom stereocenters. The molecule has 1 aromatic rings. The number of likely N-dealkylation sites (tertiary alicyclic amines) is 1. The topological polar surface area (TPSA) is 38.5 Å². The molecule has 0 radical (unpaired) electrons. The van der Waals surface area contributed by atoms with E-state index in [0.29, 0.717) is 5.92 Å². The highest BCUT2D eigenvalue weighted by Gasteiger charge is 2.43. The maximum absolute atomic E-state index is 6.66. The van der Waals surface area contributed by atoms with Crippen molar-refractivity contribution in [2.45, 2.75) is 51.7 Å². The maximum Gasteiger partial charge on any atom is 0.124 e. The van der Waals surface area contributed by atoms with Crippen molar-refractivity contribution < 1.29 is 4.74 Å². The highest BCUT2D eigenvalue weighted by atomic mass is 16.5. The Balaban J connectivity index is 1.89. The molecule has 0 aromatic heterocycles. The molecule has 2 aliphatic rings. The molecule has 2 N–H and O–H groups in total. The van der Waals surface area contributed by atoms with Crippen LogP contribution in [0.25, 0.3) is 0 Å². The first-order valence-electron chi connectivity index (χ1n) is 8.31. The quantitative estimate of drug-likeness (QED) is 0.928. The fourth-order valence-electron chi connectivity index (χ4n) is 3.76. The molecule has 2 aliphatic heterocycles. The first-order chi connectivity index (χ1) is 10.0. The third-order valence-corrected chi connectivity index (χ3v) is 5.19. The van der Waals surface area contributed by atoms with Gasteiger partial charge >= 0.3 is 0 Å². The van der Waals surface area contributed by atoms with Crippen LogP contribution in [0.3, 0.4) is 0 Å². The highest BCUT2D eigenvalue weighted by molar-refractivity contribution is 5.42. The summed E-state index contributed by atoms with van der Waals surface area (Å²) in [5.74, 6) is 1.32. The van der Waals surface area contributed by atoms with Crippen LogP contribution < -0.4 is 10.5 Å². The van der Waals surface area contributed by atoms with E-state index in [1.807, 2.05) is 0 Å². The Bertz CT molecular complexity index is 506. The summed E-state index contributed by atoms with van der Waals surface area (Å²) in [7, 11) is 0. The van der Waals surface area contributed by atoms with E-state index in [2.05, 4.69) is 43.9 Å². The van der Waals surface area contributed by atoms with Gasteiger partial charge in [0.05, 0.1) is 0 Å². The molecule has 0 bridgehead atoms. The van der Waals surface area contributed by atoms with E-state index in [1.54, 1.807) is 0 Å². The van der Waals surface area contributed by atoms with E-state index in [0.717, 1.165) is 18.7 Å². The highest BCUT2D eigenvalue weighted by Crippen LogP contribution is 2.43. The van der Waals surface area contributed by atoms with Gasteiger partial charge in [0.1, 0.15) is 11.4 Å². The number of hydrogen-bond donors (Lipinski definition) is 1. The molecule has 2 heterocycles. The molecule has 2 atom stereocenters. The Morgan fingerprint density at radius 3 is 2.67 bits per heavy atom. The molecule has 21 heavy (non-hydrogen) atoms. The van der Waals surface area contributed by atoms with E-state index < -0.39 is 0 Å². The van der Waals surface area contributed by atoms with Crippen LogP contribution in [0.2, 0.25) is 0 Å². The fourth-order valence-corrected chi connectivity index (χ4v) is 3.76. The Morgan fingerprint density at radius 1 is 1.29 bits per heavy atom. The van der Waals surface area contributed by atoms with Crippen molar-refractivity contribution in [3.8, 4) is 5.75 Å². The van der Waals surface area contributed by atoms with E-state index in [1.165, 1.54) is 37.1 Å². The van der Waals surface area contributed by atoms with E-state index in [4.69, 9.17) is 10.5 Å². The van der Waals surface area contributed by atoms with Gasteiger partial charge in [0, 0.05) is 24.1 Å². The molecule has 3 heteroatoms. The number of fused-ring (bicyclic) bond motifs is 1. The van der Waals surface area contributed by atoms with Crippen molar-refractivity contribution in [2.24, 2.45) is 11.7 Å². The zero-order valence-electron chi connectivity index (χ0n) is 13.6. The van der Waals surface area contributed by atoms with Gasteiger partial charge in [0.25, 0.3) is 0 Å². The second-order valence-corrected chi connectivity index (χ2v) is 7.07. The summed E-state index contributed by atoms with van der Waals surface area (Å²) in [4.78, 5) is 2.55. The smallest absolute Gasteiger partial charge is 0.124 e. The Labute approximate surface area is 128 Å². The molecule has 3 nitrogen and oxygen atoms in total. The molecule has 1 aromatic carbocycles. The SMILES string of the molecule is CCc1ccc2c(c1)C(N)C(CN1CCCC1)C(C)(C)O2. The summed E-state index contributed by atoms with van der Waals surface area (Å²) in [5.41, 5.74) is 8.99. The van der Waals surface area contributed by atoms with Gasteiger partial charge in [-0.3, -0.25) is 0 Å². The summed E-state index contributed by atoms with van der Waals surface area (Å²) >= 11 is 0. The van der Waals surface area contributed by atoms with Crippen LogP contribution in [-0.2, 0) is 6.42 Å². The van der Waals surface area contributed by atoms with E-state index in [-0.39, 0.29) is 11.6 Å². The van der Waals surface area contributed by atoms with Crippen molar-refractivity contribution in [3.63, 3.8) is 0 Å². The standard InChI is InChI=1S/C18H28N2O/c1-4-13-7-8-16-14(11-13)17(19)15(18(2,3)21-16)12-20-9-5-6-10-20/h7-8,11,15,17H,4-6,9-10,12,19H2,1-3H3. The van der Waals surface area contributed by atoms with Crippen molar-refractivity contribution in [1.29, 1.82) is 0 Å². The minimum Gasteiger partial charge on any atom is -0.487 e. The lowest BCUT2D eigenvalue weighted by Crippen LogP contribution is -2.51. The van der Waals surface area contributed by atoms with Crippen molar-refractivity contribution in [2.75, 3.05) is 19.6 Å². The first-order valence-corrected chi connectivity index (χ1v) is 8.31. The van der Waals surface area contributed by atoms with E-state index >= 15 is 0 Å². The minimum absolute atomic E-state index is 0.0656. The van der Waals surface area contributed by atoms with Gasteiger partial charge in [0.15, 0.2) is 0 Å². The Hall–Kier alpha value is -1.06. The third kappa shape index (κ3) is 2.82. The Kier molecular flexibility index (Phi) is 3.98. The van der Waals surface area contributed by atoms with Gasteiger partial charge in [-0.05, 0) is 57.8 Å². The minimum atomic E-state index is -0.206. The van der Waals surface area contributed by atoms with Gasteiger partial charge in [-0.15, -0.1) is 0 Å². The van der Waals surface area contributed by atoms with Gasteiger partial charge in [-0.1, -0.05) is 19.1 Å². The molecule has 1 fully saturated rings. The van der Waals surface area contributed by atoms with Gasteiger partial charge in [-0.25, -0.2) is 0 Å². The van der Waals surface area contributed by atoms with E-state index in [9.17, 15) is 0 Å². The molecular formula is C18H28N2O. The number of hydrogen-bond acceptors (Lipinski definition) is 3. The summed E-state index contributed by atoms with van der Waals surface area (Å²) in [5, 5.41) is 0. The lowest BCUT2D eigenvalue weighted by atomic mass is 9.78. The van der Waals surface area contributed by atoms with Gasteiger partial charge < -0.3 is 15.4 Å². The average Bonchev–Trinajstić information content (AvgIpc) is 2.96. The number of nitrogens with zero attached hydrogens (tertiary/aromatic N) is 1. The third-order valence-electron chi connectivity index (χ3n) is 5.19. The number of rotatable bonds is 3. The molecule has 0 aliphatic carbocycles. The molecule has 116 valence electrons. The lowest BCUT2D eigenvalue weighted by Gasteiger charge is -2.45. The van der Waals surface area contributed by atoms with Gasteiger partial charge in [-0.2, -0.15) is 0 Å². The molecule has 0 spiro atoms. The summed E-state index contributed by atoms with van der Waals surface area (Å²) in [6.07, 6.45) is 3.68. The molecule has 3 rings (SSSR count). The maximum atomic E-state index is 6.66. The van der Waals surface area contributed by atoms with Crippen LogP contribution in [0.5, 0.6) is 5.75 Å². The zero-order chi connectivity index (χ0) is 15.0. The van der Waals surface area contributed by atoms with Crippen LogP contribution in [0.4, 0.5) is 0 Å². The molecule has 1 saturated heterocycles. The van der Waals surface area contributed by atoms with Crippen LogP contribution >= 0.6 is 0 Å². The number of nitrogens with two attached hydrogens (primary N) is 1. The van der Waals surface area contributed by atoms with Crippen molar-refractivity contribution >= 4 is 0 Å². The predicted molar refractivity (Wildman–Crippen MR) is 86.6 cm³/mol. The molecular weight excluding hydrogens is 260 g/mol. The fraction of sp³-hybridized carbons (Fsp3) is 0.667. The number of ether oxygens (including phenoxy) is 1. The molecule has 0 amide bonds. The Morgan fingerprint density at radius 2 is 2.00 bits per heavy atom. The van der Waals surface area contributed by atoms with Gasteiger partial charge in [0.2, 0.25) is 0 Å². The normalized spacial score (nSPS) is 28.2. The largest absolute Gasteiger partial charge is 0.487 e. The van der Waals surface area contributed by atoms with Crippen molar-refractivity contribution in [3.05, 3.63) is 29.3 Å². The van der Waals surface area contributed by atoms with Crippen molar-refractivity contribution in [1.82, 2.24) is 4.90 Å². The zero-order valence-corrected chi connectivity index (χ0v) is 13.6. The van der Waals surface area contributed by atoms with Crippen LogP contribution in [-0.4, -0.2) is 30.1 Å². The number of benzene rings is 1. The predicted octanol–water partition coefficient (Wildman–Crippen LogP) is 3.13. The summed E-state index contributed by atoms with van der Waals surface area (Å²) < 4.78 is 6.31. The first kappa shape index (κ1) is 14.9. The molecule has 0 saturated carbocycles. The second-order valence-electron chi connectivity index (χ2n) is 7.07. The summed E-state index contributed by atoms with van der Waals surface area (Å²) in [6.45, 7) is 10.0. The number of aryl methyl sites for hydroxylation is 1. The second kappa shape index (κ2) is 5.62. The monoisotopic (exact) mass is 288 g/mol. The average molecular weight is 288 g/mol.